The highest BCUT2D eigenvalue weighted by molar-refractivity contribution is 9.10. The average molecular weight is 542 g/mol. The highest BCUT2D eigenvalue weighted by Crippen LogP contribution is 2.35. The van der Waals surface area contributed by atoms with Gasteiger partial charge in [-0.2, -0.15) is 0 Å². The minimum atomic E-state index is -0.0614. The highest BCUT2D eigenvalue weighted by Gasteiger charge is 2.25. The van der Waals surface area contributed by atoms with Crippen molar-refractivity contribution in [3.05, 3.63) is 69.0 Å². The van der Waals surface area contributed by atoms with E-state index in [1.807, 2.05) is 6.07 Å². The molecule has 2 aromatic carbocycles. The Kier molecular flexibility index (Phi) is 11.8. The van der Waals surface area contributed by atoms with Crippen LogP contribution in [-0.2, 0) is 0 Å². The number of carbonyl (C=O) groups excluding carboxylic acids is 1. The lowest BCUT2D eigenvalue weighted by molar-refractivity contribution is 0.0957. The molecule has 1 atom stereocenters. The Hall–Kier alpha value is -1.45. The molecule has 0 N–H and O–H groups in total. The number of ketones is 1. The van der Waals surface area contributed by atoms with E-state index >= 15 is 0 Å². The molecular formula is C31H41BrOS. The maximum atomic E-state index is 13.7. The molecular weight excluding hydrogens is 500 g/mol. The number of rotatable bonds is 16. The predicted octanol–water partition coefficient (Wildman–Crippen LogP) is 11.0. The van der Waals surface area contributed by atoms with E-state index in [4.69, 9.17) is 0 Å². The largest absolute Gasteiger partial charge is 0.293 e. The van der Waals surface area contributed by atoms with Crippen molar-refractivity contribution in [2.45, 2.75) is 103 Å². The number of carbonyl (C=O) groups is 1. The van der Waals surface area contributed by atoms with Gasteiger partial charge in [-0.1, -0.05) is 124 Å². The van der Waals surface area contributed by atoms with Crippen LogP contribution < -0.4 is 0 Å². The Morgan fingerprint density at radius 2 is 1.44 bits per heavy atom. The first-order valence-electron chi connectivity index (χ1n) is 13.4. The van der Waals surface area contributed by atoms with Crippen LogP contribution in [0, 0.1) is 6.92 Å². The summed E-state index contributed by atoms with van der Waals surface area (Å²) in [5.74, 6) is 0.221. The van der Waals surface area contributed by atoms with E-state index in [-0.39, 0.29) is 11.7 Å². The number of halogens is 1. The summed E-state index contributed by atoms with van der Waals surface area (Å²) in [6, 6.07) is 16.8. The van der Waals surface area contributed by atoms with Crippen molar-refractivity contribution in [2.24, 2.45) is 0 Å². The molecule has 34 heavy (non-hydrogen) atoms. The van der Waals surface area contributed by atoms with Crippen LogP contribution in [0.1, 0.15) is 117 Å². The first-order chi connectivity index (χ1) is 16.6. The minimum Gasteiger partial charge on any atom is -0.293 e. The SMILES string of the molecule is CCCCCCCCCCCCCCC(C(=O)c1cc2ccccc2s1)c1cc(Br)ccc1C. The number of hydrogen-bond acceptors (Lipinski definition) is 2. The first kappa shape index (κ1) is 27.1. The zero-order valence-electron chi connectivity index (χ0n) is 21.1. The van der Waals surface area contributed by atoms with E-state index in [0.29, 0.717) is 0 Å². The molecule has 3 heteroatoms. The molecule has 1 aromatic heterocycles. The Balaban J connectivity index is 1.51. The zero-order chi connectivity index (χ0) is 24.2. The summed E-state index contributed by atoms with van der Waals surface area (Å²) in [4.78, 5) is 14.6. The van der Waals surface area contributed by atoms with Crippen LogP contribution in [-0.4, -0.2) is 5.78 Å². The topological polar surface area (TPSA) is 17.1 Å². The molecule has 0 spiro atoms. The van der Waals surface area contributed by atoms with Crippen LogP contribution in [0.2, 0.25) is 0 Å². The van der Waals surface area contributed by atoms with Gasteiger partial charge in [-0.05, 0) is 54.1 Å². The number of unbranched alkanes of at least 4 members (excludes halogenated alkanes) is 11. The number of fused-ring (bicyclic) bond motifs is 1. The van der Waals surface area contributed by atoms with Gasteiger partial charge >= 0.3 is 0 Å². The molecule has 0 saturated carbocycles. The molecule has 0 radical (unpaired) electrons. The highest BCUT2D eigenvalue weighted by atomic mass is 79.9. The number of Topliss-reactive ketones (excluding diaryl/α,β-unsaturated/α-hetero) is 1. The van der Waals surface area contributed by atoms with E-state index in [2.05, 4.69) is 72.2 Å². The van der Waals surface area contributed by atoms with E-state index < -0.39 is 0 Å². The van der Waals surface area contributed by atoms with Crippen molar-refractivity contribution in [3.63, 3.8) is 0 Å². The monoisotopic (exact) mass is 540 g/mol. The lowest BCUT2D eigenvalue weighted by atomic mass is 9.86. The van der Waals surface area contributed by atoms with Gasteiger partial charge in [-0.25, -0.2) is 0 Å². The number of hydrogen-bond donors (Lipinski definition) is 0. The third-order valence-corrected chi connectivity index (χ3v) is 8.57. The lowest BCUT2D eigenvalue weighted by Crippen LogP contribution is -2.13. The predicted molar refractivity (Wildman–Crippen MR) is 153 cm³/mol. The van der Waals surface area contributed by atoms with Gasteiger partial charge in [0.05, 0.1) is 4.88 Å². The van der Waals surface area contributed by atoms with Gasteiger partial charge < -0.3 is 0 Å². The molecule has 3 aromatic rings. The summed E-state index contributed by atoms with van der Waals surface area (Å²) < 4.78 is 2.25. The van der Waals surface area contributed by atoms with Crippen LogP contribution in [0.3, 0.4) is 0 Å². The van der Waals surface area contributed by atoms with Gasteiger partial charge in [0.1, 0.15) is 0 Å². The number of benzene rings is 2. The van der Waals surface area contributed by atoms with Gasteiger partial charge in [0.15, 0.2) is 5.78 Å². The van der Waals surface area contributed by atoms with Crippen LogP contribution in [0.25, 0.3) is 10.1 Å². The Labute approximate surface area is 219 Å². The maximum absolute atomic E-state index is 13.7. The van der Waals surface area contributed by atoms with E-state index in [1.165, 1.54) is 91.8 Å². The van der Waals surface area contributed by atoms with Crippen LogP contribution in [0.5, 0.6) is 0 Å². The molecule has 0 aliphatic rings. The zero-order valence-corrected chi connectivity index (χ0v) is 23.5. The fraction of sp³-hybridized carbons (Fsp3) is 0.516. The van der Waals surface area contributed by atoms with Crippen molar-refractivity contribution >= 4 is 43.1 Å². The van der Waals surface area contributed by atoms with Gasteiger partial charge in [-0.3, -0.25) is 4.79 Å². The van der Waals surface area contributed by atoms with Crippen molar-refractivity contribution in [2.75, 3.05) is 0 Å². The summed E-state index contributed by atoms with van der Waals surface area (Å²) in [5.41, 5.74) is 2.39. The third-order valence-electron chi connectivity index (χ3n) is 6.95. The molecule has 0 fully saturated rings. The molecule has 0 saturated heterocycles. The van der Waals surface area contributed by atoms with Crippen molar-refractivity contribution in [1.82, 2.24) is 0 Å². The van der Waals surface area contributed by atoms with Gasteiger partial charge in [0.2, 0.25) is 0 Å². The molecule has 1 heterocycles. The summed E-state index contributed by atoms with van der Waals surface area (Å²) in [5, 5.41) is 1.17. The molecule has 0 aliphatic carbocycles. The smallest absolute Gasteiger partial charge is 0.180 e. The van der Waals surface area contributed by atoms with E-state index in [1.54, 1.807) is 11.3 Å². The van der Waals surface area contributed by atoms with Crippen molar-refractivity contribution < 1.29 is 4.79 Å². The molecule has 0 aliphatic heterocycles. The maximum Gasteiger partial charge on any atom is 0.180 e. The molecule has 0 amide bonds. The van der Waals surface area contributed by atoms with Gasteiger partial charge in [0.25, 0.3) is 0 Å². The van der Waals surface area contributed by atoms with Crippen LogP contribution in [0.4, 0.5) is 0 Å². The molecule has 1 nitrogen and oxygen atoms in total. The van der Waals surface area contributed by atoms with Crippen LogP contribution in [0.15, 0.2) is 53.0 Å². The quantitative estimate of drug-likeness (QED) is 0.130. The van der Waals surface area contributed by atoms with Crippen LogP contribution >= 0.6 is 27.3 Å². The minimum absolute atomic E-state index is 0.0614. The standard InChI is InChI=1S/C31H41BrOS/c1-3-4-5-6-7-8-9-10-11-12-13-14-18-27(28-23-26(32)21-20-24(28)2)31(33)30-22-25-17-15-16-19-29(25)34-30/h15-17,19-23,27H,3-14,18H2,1-2H3. The Morgan fingerprint density at radius 1 is 0.824 bits per heavy atom. The van der Waals surface area contributed by atoms with E-state index in [9.17, 15) is 4.79 Å². The lowest BCUT2D eigenvalue weighted by Gasteiger charge is -2.18. The molecule has 1 unspecified atom stereocenters. The normalized spacial score (nSPS) is 12.3. The summed E-state index contributed by atoms with van der Waals surface area (Å²) in [6.45, 7) is 4.41. The second-order valence-corrected chi connectivity index (χ2v) is 11.7. The first-order valence-corrected chi connectivity index (χ1v) is 15.0. The Morgan fingerprint density at radius 3 is 2.09 bits per heavy atom. The molecule has 0 bridgehead atoms. The van der Waals surface area contributed by atoms with Crippen molar-refractivity contribution in [1.29, 1.82) is 0 Å². The van der Waals surface area contributed by atoms with Gasteiger partial charge in [-0.15, -0.1) is 11.3 Å². The van der Waals surface area contributed by atoms with Gasteiger partial charge in [0, 0.05) is 15.1 Å². The average Bonchev–Trinajstić information content (AvgIpc) is 3.28. The van der Waals surface area contributed by atoms with E-state index in [0.717, 1.165) is 22.2 Å². The second kappa shape index (κ2) is 14.8. The number of aryl methyl sites for hydroxylation is 1. The fourth-order valence-electron chi connectivity index (χ4n) is 4.88. The fourth-order valence-corrected chi connectivity index (χ4v) is 6.31. The summed E-state index contributed by atoms with van der Waals surface area (Å²) in [6.07, 6.45) is 17.0. The Bertz CT molecular complexity index is 988. The van der Waals surface area contributed by atoms with Crippen molar-refractivity contribution in [3.8, 4) is 0 Å². The third kappa shape index (κ3) is 8.34. The number of thiophene rings is 1. The summed E-state index contributed by atoms with van der Waals surface area (Å²) in [7, 11) is 0. The molecule has 3 rings (SSSR count). The molecule has 184 valence electrons. The summed E-state index contributed by atoms with van der Waals surface area (Å²) >= 11 is 5.27. The second-order valence-electron chi connectivity index (χ2n) is 9.74.